The van der Waals surface area contributed by atoms with E-state index in [9.17, 15) is 4.79 Å². The number of thioether (sulfide) groups is 1. The van der Waals surface area contributed by atoms with Crippen molar-refractivity contribution in [2.75, 3.05) is 11.6 Å². The van der Waals surface area contributed by atoms with Gasteiger partial charge in [-0.3, -0.25) is 10.1 Å². The van der Waals surface area contributed by atoms with Crippen LogP contribution >= 0.6 is 11.8 Å². The van der Waals surface area contributed by atoms with Crippen LogP contribution in [0, 0.1) is 6.92 Å². The zero-order valence-corrected chi connectivity index (χ0v) is 11.4. The summed E-state index contributed by atoms with van der Waals surface area (Å²) in [6.45, 7) is 2.34. The predicted octanol–water partition coefficient (Wildman–Crippen LogP) is 1.41. The molecule has 2 aromatic rings. The quantitative estimate of drug-likeness (QED) is 0.888. The van der Waals surface area contributed by atoms with Crippen LogP contribution in [0.25, 0.3) is 11.1 Å². The molecule has 1 aliphatic rings. The Hall–Kier alpha value is -1.53. The van der Waals surface area contributed by atoms with Gasteiger partial charge in [0.2, 0.25) is 5.91 Å². The minimum absolute atomic E-state index is 0.0545. The molecule has 100 valence electrons. The Balaban J connectivity index is 1.65. The van der Waals surface area contributed by atoms with Gasteiger partial charge in [-0.2, -0.15) is 0 Å². The number of carbonyl (C=O) groups is 1. The number of nitrogens with zero attached hydrogens (tertiary/aromatic N) is 1. The van der Waals surface area contributed by atoms with Crippen LogP contribution in [0.5, 0.6) is 0 Å². The van der Waals surface area contributed by atoms with Crippen molar-refractivity contribution in [3.63, 3.8) is 0 Å². The van der Waals surface area contributed by atoms with Gasteiger partial charge in [-0.15, -0.1) is 11.8 Å². The van der Waals surface area contributed by atoms with Crippen molar-refractivity contribution in [1.82, 2.24) is 15.6 Å². The molecule has 6 heteroatoms. The van der Waals surface area contributed by atoms with Gasteiger partial charge in [0.25, 0.3) is 0 Å². The number of carbonyl (C=O) groups excluding carboxylic acids is 1. The molecule has 0 spiro atoms. The Kier molecular flexibility index (Phi) is 3.44. The zero-order chi connectivity index (χ0) is 13.2. The van der Waals surface area contributed by atoms with Gasteiger partial charge in [0.15, 0.2) is 11.5 Å². The van der Waals surface area contributed by atoms with Crippen molar-refractivity contribution in [3.8, 4) is 0 Å². The molecule has 1 aliphatic heterocycles. The van der Waals surface area contributed by atoms with Crippen molar-refractivity contribution in [2.24, 2.45) is 0 Å². The predicted molar refractivity (Wildman–Crippen MR) is 74.8 cm³/mol. The van der Waals surface area contributed by atoms with Crippen LogP contribution in [0.1, 0.15) is 11.5 Å². The van der Waals surface area contributed by atoms with Crippen molar-refractivity contribution in [3.05, 3.63) is 29.7 Å². The molecule has 1 atom stereocenters. The zero-order valence-electron chi connectivity index (χ0n) is 10.6. The summed E-state index contributed by atoms with van der Waals surface area (Å²) in [5.74, 6) is 2.40. The van der Waals surface area contributed by atoms with Crippen LogP contribution in [-0.4, -0.2) is 28.6 Å². The van der Waals surface area contributed by atoms with E-state index >= 15 is 0 Å². The lowest BCUT2D eigenvalue weighted by atomic mass is 10.2. The maximum Gasteiger partial charge on any atom is 0.238 e. The molecule has 1 aromatic carbocycles. The molecule has 19 heavy (non-hydrogen) atoms. The molecule has 0 bridgehead atoms. The normalized spacial score (nSPS) is 18.9. The van der Waals surface area contributed by atoms with E-state index < -0.39 is 0 Å². The van der Waals surface area contributed by atoms with Gasteiger partial charge in [-0.1, -0.05) is 6.07 Å². The standard InChI is InChI=1S/C13H15N3O2S/c1-8-16-10-3-2-9(4-12(10)18-8)5-14-13(17)11-6-19-7-15-11/h2-4,11,15H,5-7H2,1H3,(H,14,17). The molecule has 5 nitrogen and oxygen atoms in total. The summed E-state index contributed by atoms with van der Waals surface area (Å²) in [6, 6.07) is 5.73. The fourth-order valence-corrected chi connectivity index (χ4v) is 3.01. The SMILES string of the molecule is Cc1nc2ccc(CNC(=O)C3CSCN3)cc2o1. The molecular formula is C13H15N3O2S. The van der Waals surface area contributed by atoms with Crippen molar-refractivity contribution in [1.29, 1.82) is 0 Å². The minimum Gasteiger partial charge on any atom is -0.441 e. The number of rotatable bonds is 3. The first-order valence-corrected chi connectivity index (χ1v) is 7.33. The summed E-state index contributed by atoms with van der Waals surface area (Å²) in [6.07, 6.45) is 0. The summed E-state index contributed by atoms with van der Waals surface area (Å²) in [4.78, 5) is 16.1. The van der Waals surface area contributed by atoms with Gasteiger partial charge in [-0.25, -0.2) is 4.98 Å². The van der Waals surface area contributed by atoms with Crippen molar-refractivity contribution < 1.29 is 9.21 Å². The molecule has 0 saturated carbocycles. The van der Waals surface area contributed by atoms with Gasteiger partial charge >= 0.3 is 0 Å². The van der Waals surface area contributed by atoms with Gasteiger partial charge in [0, 0.05) is 25.1 Å². The lowest BCUT2D eigenvalue weighted by Gasteiger charge is -2.10. The van der Waals surface area contributed by atoms with E-state index in [1.54, 1.807) is 11.8 Å². The average molecular weight is 277 g/mol. The molecule has 2 heterocycles. The van der Waals surface area contributed by atoms with E-state index in [1.807, 2.05) is 25.1 Å². The van der Waals surface area contributed by atoms with Gasteiger partial charge < -0.3 is 9.73 Å². The number of hydrogen-bond acceptors (Lipinski definition) is 5. The van der Waals surface area contributed by atoms with Gasteiger partial charge in [0.1, 0.15) is 5.52 Å². The second-order valence-corrected chi connectivity index (χ2v) is 5.55. The highest BCUT2D eigenvalue weighted by Crippen LogP contribution is 2.17. The smallest absolute Gasteiger partial charge is 0.238 e. The first-order chi connectivity index (χ1) is 9.22. The lowest BCUT2D eigenvalue weighted by Crippen LogP contribution is -2.41. The van der Waals surface area contributed by atoms with Gasteiger partial charge in [0.05, 0.1) is 6.04 Å². The second-order valence-electron chi connectivity index (χ2n) is 4.52. The van der Waals surface area contributed by atoms with Gasteiger partial charge in [-0.05, 0) is 17.7 Å². The summed E-state index contributed by atoms with van der Waals surface area (Å²) >= 11 is 1.74. The van der Waals surface area contributed by atoms with E-state index in [-0.39, 0.29) is 11.9 Å². The molecule has 1 aromatic heterocycles. The number of aromatic nitrogens is 1. The van der Waals surface area contributed by atoms with E-state index in [1.165, 1.54) is 0 Å². The molecule has 0 aliphatic carbocycles. The number of fused-ring (bicyclic) bond motifs is 1. The summed E-state index contributed by atoms with van der Waals surface area (Å²) in [5, 5.41) is 6.08. The van der Waals surface area contributed by atoms with Crippen LogP contribution in [-0.2, 0) is 11.3 Å². The fraction of sp³-hybridized carbons (Fsp3) is 0.385. The highest BCUT2D eigenvalue weighted by Gasteiger charge is 2.21. The van der Waals surface area contributed by atoms with E-state index in [2.05, 4.69) is 15.6 Å². The largest absolute Gasteiger partial charge is 0.441 e. The fourth-order valence-electron chi connectivity index (χ4n) is 2.07. The Bertz CT molecular complexity index is 605. The third-order valence-corrected chi connectivity index (χ3v) is 4.00. The van der Waals surface area contributed by atoms with Crippen LogP contribution < -0.4 is 10.6 Å². The number of aryl methyl sites for hydroxylation is 1. The van der Waals surface area contributed by atoms with E-state index in [4.69, 9.17) is 4.42 Å². The summed E-state index contributed by atoms with van der Waals surface area (Å²) < 4.78 is 5.48. The topological polar surface area (TPSA) is 67.2 Å². The van der Waals surface area contributed by atoms with Crippen LogP contribution in [0.3, 0.4) is 0 Å². The number of benzene rings is 1. The minimum atomic E-state index is -0.0683. The molecule has 2 N–H and O–H groups in total. The van der Waals surface area contributed by atoms with Crippen molar-refractivity contribution in [2.45, 2.75) is 19.5 Å². The highest BCUT2D eigenvalue weighted by molar-refractivity contribution is 7.99. The Morgan fingerprint density at radius 3 is 3.32 bits per heavy atom. The number of nitrogens with one attached hydrogen (secondary N) is 2. The van der Waals surface area contributed by atoms with Crippen LogP contribution in [0.15, 0.2) is 22.6 Å². The van der Waals surface area contributed by atoms with Crippen LogP contribution in [0.2, 0.25) is 0 Å². The molecule has 1 unspecified atom stereocenters. The maximum atomic E-state index is 11.9. The lowest BCUT2D eigenvalue weighted by molar-refractivity contribution is -0.122. The average Bonchev–Trinajstić information content (AvgIpc) is 3.03. The van der Waals surface area contributed by atoms with Crippen LogP contribution in [0.4, 0.5) is 0 Å². The molecule has 1 fully saturated rings. The number of oxazole rings is 1. The molecule has 0 radical (unpaired) electrons. The number of hydrogen-bond donors (Lipinski definition) is 2. The Labute approximate surface area is 115 Å². The Morgan fingerprint density at radius 2 is 2.53 bits per heavy atom. The maximum absolute atomic E-state index is 11.9. The van der Waals surface area contributed by atoms with E-state index in [0.717, 1.165) is 28.3 Å². The third-order valence-electron chi connectivity index (χ3n) is 3.06. The molecule has 1 amide bonds. The molecular weight excluding hydrogens is 262 g/mol. The highest BCUT2D eigenvalue weighted by atomic mass is 32.2. The number of amides is 1. The Morgan fingerprint density at radius 1 is 1.63 bits per heavy atom. The molecule has 3 rings (SSSR count). The summed E-state index contributed by atoms with van der Waals surface area (Å²) in [7, 11) is 0. The first kappa shape index (κ1) is 12.5. The van der Waals surface area contributed by atoms with E-state index in [0.29, 0.717) is 12.4 Å². The molecule has 1 saturated heterocycles. The monoisotopic (exact) mass is 277 g/mol. The third kappa shape index (κ3) is 2.74. The summed E-state index contributed by atoms with van der Waals surface area (Å²) in [5.41, 5.74) is 2.63. The second kappa shape index (κ2) is 5.22. The van der Waals surface area contributed by atoms with Crippen molar-refractivity contribution >= 4 is 28.8 Å². The first-order valence-electron chi connectivity index (χ1n) is 6.17.